The molecular formula is C7H12N4O. The molecule has 1 aliphatic rings. The third-order valence-electron chi connectivity index (χ3n) is 2.13. The van der Waals surface area contributed by atoms with Crippen LogP contribution in [0.3, 0.4) is 0 Å². The quantitative estimate of drug-likeness (QED) is 0.613. The predicted octanol–water partition coefficient (Wildman–Crippen LogP) is -0.695. The lowest BCUT2D eigenvalue weighted by Gasteiger charge is -2.05. The zero-order chi connectivity index (χ0) is 8.39. The molecule has 2 rings (SSSR count). The van der Waals surface area contributed by atoms with Crippen LogP contribution < -0.4 is 5.32 Å². The number of hydrogen-bond acceptors (Lipinski definition) is 4. The molecule has 1 atom stereocenters. The highest BCUT2D eigenvalue weighted by Gasteiger charge is 2.17. The van der Waals surface area contributed by atoms with Gasteiger partial charge in [-0.05, 0) is 13.0 Å². The Morgan fingerprint density at radius 3 is 3.25 bits per heavy atom. The first-order valence-electron chi connectivity index (χ1n) is 4.12. The Bertz CT molecular complexity index is 254. The molecule has 5 nitrogen and oxygen atoms in total. The van der Waals surface area contributed by atoms with Crippen LogP contribution in [-0.2, 0) is 6.61 Å². The lowest BCUT2D eigenvalue weighted by molar-refractivity contribution is 0.276. The number of nitrogens with zero attached hydrogens (tertiary/aromatic N) is 3. The van der Waals surface area contributed by atoms with Crippen LogP contribution in [0.25, 0.3) is 0 Å². The Kier molecular flexibility index (Phi) is 2.05. The fraction of sp³-hybridized carbons (Fsp3) is 0.714. The van der Waals surface area contributed by atoms with E-state index in [4.69, 9.17) is 5.11 Å². The number of aromatic nitrogens is 3. The third kappa shape index (κ3) is 1.33. The summed E-state index contributed by atoms with van der Waals surface area (Å²) in [5.41, 5.74) is 0.641. The second-order valence-corrected chi connectivity index (χ2v) is 2.99. The van der Waals surface area contributed by atoms with Gasteiger partial charge in [-0.2, -0.15) is 0 Å². The molecule has 2 heterocycles. The number of hydrogen-bond donors (Lipinski definition) is 2. The van der Waals surface area contributed by atoms with Crippen LogP contribution in [0.15, 0.2) is 6.20 Å². The van der Waals surface area contributed by atoms with Crippen molar-refractivity contribution in [3.8, 4) is 0 Å². The van der Waals surface area contributed by atoms with Crippen LogP contribution in [0.4, 0.5) is 0 Å². The van der Waals surface area contributed by atoms with Crippen molar-refractivity contribution in [1.82, 2.24) is 20.3 Å². The molecule has 1 aromatic heterocycles. The van der Waals surface area contributed by atoms with Crippen LogP contribution in [0.2, 0.25) is 0 Å². The highest BCUT2D eigenvalue weighted by atomic mass is 16.3. The fourth-order valence-corrected chi connectivity index (χ4v) is 1.43. The highest BCUT2D eigenvalue weighted by molar-refractivity contribution is 4.92. The molecule has 0 aromatic carbocycles. The Hall–Kier alpha value is -0.940. The minimum Gasteiger partial charge on any atom is -0.390 e. The van der Waals surface area contributed by atoms with E-state index in [0.717, 1.165) is 19.5 Å². The topological polar surface area (TPSA) is 63.0 Å². The summed E-state index contributed by atoms with van der Waals surface area (Å²) < 4.78 is 1.82. The summed E-state index contributed by atoms with van der Waals surface area (Å²) in [6, 6.07) is 0.415. The van der Waals surface area contributed by atoms with Crippen molar-refractivity contribution >= 4 is 0 Å². The first kappa shape index (κ1) is 7.70. The van der Waals surface area contributed by atoms with E-state index in [9.17, 15) is 0 Å². The van der Waals surface area contributed by atoms with Gasteiger partial charge >= 0.3 is 0 Å². The van der Waals surface area contributed by atoms with E-state index in [2.05, 4.69) is 15.6 Å². The van der Waals surface area contributed by atoms with Gasteiger partial charge in [0.25, 0.3) is 0 Å². The molecule has 1 aliphatic heterocycles. The van der Waals surface area contributed by atoms with Gasteiger partial charge in [0, 0.05) is 6.54 Å². The van der Waals surface area contributed by atoms with Gasteiger partial charge in [0.15, 0.2) is 0 Å². The maximum Gasteiger partial charge on any atom is 0.108 e. The Morgan fingerprint density at radius 2 is 2.67 bits per heavy atom. The van der Waals surface area contributed by atoms with E-state index in [1.807, 2.05) is 4.68 Å². The van der Waals surface area contributed by atoms with Crippen molar-refractivity contribution in [1.29, 1.82) is 0 Å². The summed E-state index contributed by atoms with van der Waals surface area (Å²) in [5, 5.41) is 19.8. The second kappa shape index (κ2) is 3.20. The Labute approximate surface area is 70.4 Å². The first-order valence-corrected chi connectivity index (χ1v) is 4.12. The summed E-state index contributed by atoms with van der Waals surface area (Å²) in [5.74, 6) is 0. The summed E-state index contributed by atoms with van der Waals surface area (Å²) >= 11 is 0. The molecule has 5 heteroatoms. The Morgan fingerprint density at radius 1 is 1.75 bits per heavy atom. The van der Waals surface area contributed by atoms with Gasteiger partial charge < -0.3 is 10.4 Å². The molecule has 1 saturated heterocycles. The monoisotopic (exact) mass is 168 g/mol. The van der Waals surface area contributed by atoms with Crippen molar-refractivity contribution < 1.29 is 5.11 Å². The van der Waals surface area contributed by atoms with Crippen molar-refractivity contribution in [3.05, 3.63) is 11.9 Å². The molecule has 0 spiro atoms. The van der Waals surface area contributed by atoms with Gasteiger partial charge in [0.1, 0.15) is 5.69 Å². The molecule has 0 aliphatic carbocycles. The van der Waals surface area contributed by atoms with Crippen LogP contribution >= 0.6 is 0 Å². The maximum atomic E-state index is 8.76. The van der Waals surface area contributed by atoms with Gasteiger partial charge in [0.2, 0.25) is 0 Å². The molecule has 1 unspecified atom stereocenters. The molecule has 2 N–H and O–H groups in total. The van der Waals surface area contributed by atoms with E-state index in [1.165, 1.54) is 0 Å². The molecule has 0 amide bonds. The SMILES string of the molecule is OCc1cn(C2CCNC2)nn1. The van der Waals surface area contributed by atoms with Crippen LogP contribution in [0.1, 0.15) is 18.2 Å². The Balaban J connectivity index is 2.11. The number of aliphatic hydroxyl groups is 1. The first-order chi connectivity index (χ1) is 5.90. The van der Waals surface area contributed by atoms with Gasteiger partial charge in [-0.15, -0.1) is 5.10 Å². The number of rotatable bonds is 2. The molecule has 12 heavy (non-hydrogen) atoms. The standard InChI is InChI=1S/C7H12N4O/c12-5-6-4-11(10-9-6)7-1-2-8-3-7/h4,7-8,12H,1-3,5H2. The zero-order valence-electron chi connectivity index (χ0n) is 6.77. The normalized spacial score (nSPS) is 23.2. The average Bonchev–Trinajstić information content (AvgIpc) is 2.75. The average molecular weight is 168 g/mol. The lowest BCUT2D eigenvalue weighted by Crippen LogP contribution is -2.13. The fourth-order valence-electron chi connectivity index (χ4n) is 1.43. The smallest absolute Gasteiger partial charge is 0.108 e. The molecule has 0 radical (unpaired) electrons. The summed E-state index contributed by atoms with van der Waals surface area (Å²) in [7, 11) is 0. The largest absolute Gasteiger partial charge is 0.390 e. The van der Waals surface area contributed by atoms with E-state index in [-0.39, 0.29) is 6.61 Å². The van der Waals surface area contributed by atoms with Gasteiger partial charge in [0.05, 0.1) is 18.8 Å². The van der Waals surface area contributed by atoms with Crippen molar-refractivity contribution in [2.75, 3.05) is 13.1 Å². The van der Waals surface area contributed by atoms with Crippen LogP contribution in [0, 0.1) is 0 Å². The molecular weight excluding hydrogens is 156 g/mol. The van der Waals surface area contributed by atoms with Crippen molar-refractivity contribution in [2.24, 2.45) is 0 Å². The van der Waals surface area contributed by atoms with Gasteiger partial charge in [-0.1, -0.05) is 5.21 Å². The molecule has 0 bridgehead atoms. The van der Waals surface area contributed by atoms with Crippen LogP contribution in [-0.4, -0.2) is 33.2 Å². The van der Waals surface area contributed by atoms with Gasteiger partial charge in [-0.25, -0.2) is 4.68 Å². The predicted molar refractivity (Wildman–Crippen MR) is 42.5 cm³/mol. The lowest BCUT2D eigenvalue weighted by atomic mass is 10.3. The number of aliphatic hydroxyl groups excluding tert-OH is 1. The van der Waals surface area contributed by atoms with E-state index < -0.39 is 0 Å². The zero-order valence-corrected chi connectivity index (χ0v) is 6.77. The van der Waals surface area contributed by atoms with Gasteiger partial charge in [-0.3, -0.25) is 0 Å². The molecule has 66 valence electrons. The minimum atomic E-state index is -0.0276. The maximum absolute atomic E-state index is 8.76. The van der Waals surface area contributed by atoms with Crippen molar-refractivity contribution in [3.63, 3.8) is 0 Å². The second-order valence-electron chi connectivity index (χ2n) is 2.99. The minimum absolute atomic E-state index is 0.0276. The molecule has 0 saturated carbocycles. The highest BCUT2D eigenvalue weighted by Crippen LogP contribution is 2.13. The van der Waals surface area contributed by atoms with E-state index in [1.54, 1.807) is 6.20 Å². The van der Waals surface area contributed by atoms with Crippen molar-refractivity contribution in [2.45, 2.75) is 19.1 Å². The van der Waals surface area contributed by atoms with Crippen LogP contribution in [0.5, 0.6) is 0 Å². The summed E-state index contributed by atoms with van der Waals surface area (Å²) in [6.45, 7) is 1.97. The molecule has 1 aromatic rings. The summed E-state index contributed by atoms with van der Waals surface area (Å²) in [6.07, 6.45) is 2.89. The number of nitrogens with one attached hydrogen (secondary N) is 1. The third-order valence-corrected chi connectivity index (χ3v) is 2.13. The van der Waals surface area contributed by atoms with E-state index >= 15 is 0 Å². The van der Waals surface area contributed by atoms with E-state index in [0.29, 0.717) is 11.7 Å². The summed E-state index contributed by atoms with van der Waals surface area (Å²) in [4.78, 5) is 0. The molecule has 1 fully saturated rings.